The summed E-state index contributed by atoms with van der Waals surface area (Å²) in [6.07, 6.45) is 1.38. The molecule has 0 aliphatic carbocycles. The lowest BCUT2D eigenvalue weighted by Crippen LogP contribution is -2.43. The lowest BCUT2D eigenvalue weighted by molar-refractivity contribution is 0.0571. The number of halogens is 1. The van der Waals surface area contributed by atoms with Gasteiger partial charge in [0.15, 0.2) is 0 Å². The van der Waals surface area contributed by atoms with E-state index >= 15 is 0 Å². The summed E-state index contributed by atoms with van der Waals surface area (Å²) in [5.41, 5.74) is 5.62. The molecule has 1 aromatic rings. The first-order chi connectivity index (χ1) is 8.95. The molecular weight excluding hydrogens is 271 g/mol. The number of nitrogens with two attached hydrogens (primary N) is 1. The number of benzene rings is 1. The van der Waals surface area contributed by atoms with Gasteiger partial charge in [-0.2, -0.15) is 4.31 Å². The molecule has 1 aliphatic rings. The smallest absolute Gasteiger partial charge is 0.246 e. The number of anilines is 1. The first-order valence-electron chi connectivity index (χ1n) is 6.03. The molecule has 1 aromatic carbocycles. The van der Waals surface area contributed by atoms with Gasteiger partial charge in [0.25, 0.3) is 0 Å². The first kappa shape index (κ1) is 14.2. The van der Waals surface area contributed by atoms with Crippen molar-refractivity contribution in [3.05, 3.63) is 24.0 Å². The van der Waals surface area contributed by atoms with Crippen LogP contribution in [0, 0.1) is 5.82 Å². The number of nitrogens with zero attached hydrogens (tertiary/aromatic N) is 1. The van der Waals surface area contributed by atoms with E-state index in [0.717, 1.165) is 12.5 Å². The van der Waals surface area contributed by atoms with Gasteiger partial charge in [0.2, 0.25) is 10.0 Å². The first-order valence-corrected chi connectivity index (χ1v) is 7.47. The number of rotatable bonds is 3. The van der Waals surface area contributed by atoms with Crippen LogP contribution in [0.5, 0.6) is 0 Å². The van der Waals surface area contributed by atoms with Crippen LogP contribution in [-0.2, 0) is 14.8 Å². The van der Waals surface area contributed by atoms with E-state index in [4.69, 9.17) is 10.5 Å². The fraction of sp³-hybridized carbons (Fsp3) is 0.500. The summed E-state index contributed by atoms with van der Waals surface area (Å²) in [5, 5.41) is 0. The van der Waals surface area contributed by atoms with Gasteiger partial charge in [-0.05, 0) is 31.0 Å². The second-order valence-electron chi connectivity index (χ2n) is 4.55. The summed E-state index contributed by atoms with van der Waals surface area (Å²) in [5.74, 6) is -0.820. The predicted octanol–water partition coefficient (Wildman–Crippen LogP) is 1.21. The molecule has 1 heterocycles. The second-order valence-corrected chi connectivity index (χ2v) is 6.46. The molecule has 0 radical (unpaired) electrons. The highest BCUT2D eigenvalue weighted by Gasteiger charge is 2.32. The number of hydrogen-bond acceptors (Lipinski definition) is 4. The van der Waals surface area contributed by atoms with E-state index in [1.165, 1.54) is 16.4 Å². The SMILES string of the molecule is COC1CCCN(S(=O)(=O)c2ccc(N)cc2F)C1. The van der Waals surface area contributed by atoms with Gasteiger partial charge in [0.1, 0.15) is 10.7 Å². The Hall–Kier alpha value is -1.18. The quantitative estimate of drug-likeness (QED) is 0.848. The molecule has 1 unspecified atom stereocenters. The van der Waals surface area contributed by atoms with Crippen LogP contribution >= 0.6 is 0 Å². The highest BCUT2D eigenvalue weighted by Crippen LogP contribution is 2.24. The molecule has 1 atom stereocenters. The summed E-state index contributed by atoms with van der Waals surface area (Å²) in [7, 11) is -2.28. The van der Waals surface area contributed by atoms with Gasteiger partial charge in [-0.3, -0.25) is 0 Å². The van der Waals surface area contributed by atoms with Crippen LogP contribution in [0.1, 0.15) is 12.8 Å². The van der Waals surface area contributed by atoms with Gasteiger partial charge in [-0.25, -0.2) is 12.8 Å². The van der Waals surface area contributed by atoms with Crippen LogP contribution in [0.2, 0.25) is 0 Å². The second kappa shape index (κ2) is 5.44. The number of hydrogen-bond donors (Lipinski definition) is 1. The van der Waals surface area contributed by atoms with E-state index in [1.807, 2.05) is 0 Å². The van der Waals surface area contributed by atoms with Crippen molar-refractivity contribution >= 4 is 15.7 Å². The highest BCUT2D eigenvalue weighted by atomic mass is 32.2. The third kappa shape index (κ3) is 2.88. The molecule has 2 rings (SSSR count). The van der Waals surface area contributed by atoms with Crippen LogP contribution in [0.4, 0.5) is 10.1 Å². The Kier molecular flexibility index (Phi) is 4.07. The van der Waals surface area contributed by atoms with Crippen molar-refractivity contribution in [1.82, 2.24) is 4.31 Å². The molecular formula is C12H17FN2O3S. The standard InChI is InChI=1S/C12H17FN2O3S/c1-18-10-3-2-6-15(8-10)19(16,17)12-5-4-9(14)7-11(12)13/h4-5,7,10H,2-3,6,8,14H2,1H3. The average Bonchev–Trinajstić information content (AvgIpc) is 2.38. The molecule has 1 aliphatic heterocycles. The lowest BCUT2D eigenvalue weighted by Gasteiger charge is -2.31. The van der Waals surface area contributed by atoms with Gasteiger partial charge in [0.05, 0.1) is 6.10 Å². The monoisotopic (exact) mass is 288 g/mol. The van der Waals surface area contributed by atoms with Crippen molar-refractivity contribution in [1.29, 1.82) is 0 Å². The lowest BCUT2D eigenvalue weighted by atomic mass is 10.1. The van der Waals surface area contributed by atoms with E-state index in [9.17, 15) is 12.8 Å². The van der Waals surface area contributed by atoms with Gasteiger partial charge in [-0.1, -0.05) is 0 Å². The van der Waals surface area contributed by atoms with Gasteiger partial charge in [-0.15, -0.1) is 0 Å². The van der Waals surface area contributed by atoms with Crippen molar-refractivity contribution in [3.63, 3.8) is 0 Å². The molecule has 0 bridgehead atoms. The number of methoxy groups -OCH3 is 1. The minimum absolute atomic E-state index is 0.139. The molecule has 0 spiro atoms. The maximum atomic E-state index is 13.8. The number of piperidine rings is 1. The average molecular weight is 288 g/mol. The van der Waals surface area contributed by atoms with Crippen molar-refractivity contribution in [3.8, 4) is 0 Å². The maximum absolute atomic E-state index is 13.8. The molecule has 106 valence electrons. The third-order valence-electron chi connectivity index (χ3n) is 3.25. The molecule has 1 fully saturated rings. The van der Waals surface area contributed by atoms with Gasteiger partial charge < -0.3 is 10.5 Å². The van der Waals surface area contributed by atoms with Gasteiger partial charge in [0, 0.05) is 25.9 Å². The van der Waals surface area contributed by atoms with Crippen LogP contribution < -0.4 is 5.73 Å². The minimum Gasteiger partial charge on any atom is -0.399 e. The Morgan fingerprint density at radius 3 is 2.84 bits per heavy atom. The zero-order chi connectivity index (χ0) is 14.0. The van der Waals surface area contributed by atoms with Crippen molar-refractivity contribution < 1.29 is 17.5 Å². The fourth-order valence-corrected chi connectivity index (χ4v) is 3.74. The molecule has 0 saturated carbocycles. The number of nitrogen functional groups attached to an aromatic ring is 1. The molecule has 7 heteroatoms. The zero-order valence-electron chi connectivity index (χ0n) is 10.7. The Balaban J connectivity index is 2.31. The van der Waals surface area contributed by atoms with Crippen molar-refractivity contribution in [2.45, 2.75) is 23.8 Å². The zero-order valence-corrected chi connectivity index (χ0v) is 11.5. The summed E-state index contributed by atoms with van der Waals surface area (Å²) >= 11 is 0. The molecule has 0 amide bonds. The Bertz CT molecular complexity index is 562. The van der Waals surface area contributed by atoms with E-state index in [2.05, 4.69) is 0 Å². The summed E-state index contributed by atoms with van der Waals surface area (Å²) in [6.45, 7) is 0.634. The van der Waals surface area contributed by atoms with Crippen LogP contribution in [0.25, 0.3) is 0 Å². The summed E-state index contributed by atoms with van der Waals surface area (Å²) in [4.78, 5) is -0.335. The molecule has 2 N–H and O–H groups in total. The topological polar surface area (TPSA) is 72.6 Å². The largest absolute Gasteiger partial charge is 0.399 e. The van der Waals surface area contributed by atoms with Crippen molar-refractivity contribution in [2.24, 2.45) is 0 Å². The third-order valence-corrected chi connectivity index (χ3v) is 5.15. The van der Waals surface area contributed by atoms with Crippen LogP contribution in [0.3, 0.4) is 0 Å². The van der Waals surface area contributed by atoms with Crippen LogP contribution in [-0.4, -0.2) is 39.0 Å². The fourth-order valence-electron chi connectivity index (χ4n) is 2.18. The van der Waals surface area contributed by atoms with E-state index in [0.29, 0.717) is 13.0 Å². The van der Waals surface area contributed by atoms with Crippen molar-refractivity contribution in [2.75, 3.05) is 25.9 Å². The number of sulfonamides is 1. The highest BCUT2D eigenvalue weighted by molar-refractivity contribution is 7.89. The van der Waals surface area contributed by atoms with E-state index < -0.39 is 15.8 Å². The molecule has 1 saturated heterocycles. The Morgan fingerprint density at radius 1 is 1.47 bits per heavy atom. The normalized spacial score (nSPS) is 21.5. The Labute approximate surface area is 112 Å². The summed E-state index contributed by atoms with van der Waals surface area (Å²) < 4.78 is 44.9. The van der Waals surface area contributed by atoms with E-state index in [1.54, 1.807) is 7.11 Å². The molecule has 19 heavy (non-hydrogen) atoms. The van der Waals surface area contributed by atoms with Gasteiger partial charge >= 0.3 is 0 Å². The predicted molar refractivity (Wildman–Crippen MR) is 69.6 cm³/mol. The minimum atomic E-state index is -3.83. The van der Waals surface area contributed by atoms with Crippen LogP contribution in [0.15, 0.2) is 23.1 Å². The Morgan fingerprint density at radius 2 is 2.21 bits per heavy atom. The maximum Gasteiger partial charge on any atom is 0.246 e. The molecule has 5 nitrogen and oxygen atoms in total. The molecule has 0 aromatic heterocycles. The number of ether oxygens (including phenoxy) is 1. The summed E-state index contributed by atoms with van der Waals surface area (Å²) in [6, 6.07) is 3.61. The van der Waals surface area contributed by atoms with E-state index in [-0.39, 0.29) is 23.2 Å².